The molecule has 3 rings (SSSR count). The maximum Gasteiger partial charge on any atom is 0.251 e. The number of halogens is 1. The van der Waals surface area contributed by atoms with Gasteiger partial charge in [-0.15, -0.1) is 0 Å². The predicted molar refractivity (Wildman–Crippen MR) is 81.1 cm³/mol. The van der Waals surface area contributed by atoms with Crippen LogP contribution in [0.15, 0.2) is 23.1 Å². The molecule has 6 nitrogen and oxygen atoms in total. The van der Waals surface area contributed by atoms with E-state index in [4.69, 9.17) is 4.74 Å². The zero-order valence-corrected chi connectivity index (χ0v) is 13.4. The molecule has 126 valence electrons. The van der Waals surface area contributed by atoms with E-state index in [1.807, 2.05) is 0 Å². The van der Waals surface area contributed by atoms with Crippen LogP contribution in [0.4, 0.5) is 4.39 Å². The molecule has 2 fully saturated rings. The van der Waals surface area contributed by atoms with Crippen LogP contribution < -0.4 is 10.0 Å². The molecule has 0 spiro atoms. The number of hydrogen-bond acceptors (Lipinski definition) is 4. The quantitative estimate of drug-likeness (QED) is 0.813. The molecule has 0 bridgehead atoms. The summed E-state index contributed by atoms with van der Waals surface area (Å²) in [7, 11) is -3.94. The van der Waals surface area contributed by atoms with Crippen LogP contribution in [0.5, 0.6) is 0 Å². The second-order valence-electron chi connectivity index (χ2n) is 5.89. The van der Waals surface area contributed by atoms with Gasteiger partial charge in [0, 0.05) is 24.8 Å². The van der Waals surface area contributed by atoms with Gasteiger partial charge in [0.15, 0.2) is 0 Å². The first kappa shape index (κ1) is 16.4. The molecule has 1 heterocycles. The molecule has 2 N–H and O–H groups in total. The zero-order valence-electron chi connectivity index (χ0n) is 12.5. The van der Waals surface area contributed by atoms with Gasteiger partial charge in [0.2, 0.25) is 10.0 Å². The van der Waals surface area contributed by atoms with Gasteiger partial charge in [-0.3, -0.25) is 4.79 Å². The van der Waals surface area contributed by atoms with E-state index in [-0.39, 0.29) is 17.7 Å². The third-order valence-electron chi connectivity index (χ3n) is 3.90. The molecule has 8 heteroatoms. The first-order valence-corrected chi connectivity index (χ1v) is 9.16. The lowest BCUT2D eigenvalue weighted by Gasteiger charge is -2.12. The second kappa shape index (κ2) is 6.54. The average molecular weight is 342 g/mol. The van der Waals surface area contributed by atoms with Crippen LogP contribution in [0.3, 0.4) is 0 Å². The fourth-order valence-corrected chi connectivity index (χ4v) is 3.86. The fourth-order valence-electron chi connectivity index (χ4n) is 2.45. The molecule has 1 aromatic rings. The van der Waals surface area contributed by atoms with Gasteiger partial charge in [-0.2, -0.15) is 0 Å². The Morgan fingerprint density at radius 3 is 2.74 bits per heavy atom. The van der Waals surface area contributed by atoms with E-state index in [9.17, 15) is 17.6 Å². The van der Waals surface area contributed by atoms with Gasteiger partial charge >= 0.3 is 0 Å². The number of benzene rings is 1. The lowest BCUT2D eigenvalue weighted by molar-refractivity contribution is 0.0857. The molecule has 23 heavy (non-hydrogen) atoms. The van der Waals surface area contributed by atoms with Crippen LogP contribution in [0, 0.1) is 5.82 Å². The minimum atomic E-state index is -3.94. The summed E-state index contributed by atoms with van der Waals surface area (Å²) in [6, 6.07) is 3.22. The molecule has 2 aliphatic rings. The first-order chi connectivity index (χ1) is 11.0. The van der Waals surface area contributed by atoms with Crippen LogP contribution in [-0.4, -0.2) is 39.6 Å². The number of rotatable bonds is 6. The number of amides is 1. The Morgan fingerprint density at radius 2 is 2.09 bits per heavy atom. The highest BCUT2D eigenvalue weighted by atomic mass is 32.2. The minimum Gasteiger partial charge on any atom is -0.376 e. The lowest BCUT2D eigenvalue weighted by atomic mass is 10.2. The van der Waals surface area contributed by atoms with Crippen molar-refractivity contribution in [3.63, 3.8) is 0 Å². The molecule has 1 saturated carbocycles. The third-order valence-corrected chi connectivity index (χ3v) is 5.43. The monoisotopic (exact) mass is 342 g/mol. The van der Waals surface area contributed by atoms with E-state index >= 15 is 0 Å². The molecule has 1 aromatic carbocycles. The van der Waals surface area contributed by atoms with E-state index in [0.717, 1.165) is 37.8 Å². The molecule has 1 aliphatic carbocycles. The van der Waals surface area contributed by atoms with Gasteiger partial charge in [0.25, 0.3) is 5.91 Å². The van der Waals surface area contributed by atoms with E-state index in [1.165, 1.54) is 6.07 Å². The standard InChI is InChI=1S/C15H19FN2O4S/c16-13-6-3-10(15(19)17-9-12-2-1-7-22-12)8-14(13)23(20,21)18-11-4-5-11/h3,6,8,11-12,18H,1-2,4-5,7,9H2,(H,17,19). The number of nitrogens with one attached hydrogen (secondary N) is 2. The van der Waals surface area contributed by atoms with Gasteiger partial charge < -0.3 is 10.1 Å². The van der Waals surface area contributed by atoms with Crippen LogP contribution in [0.25, 0.3) is 0 Å². The molecule has 1 saturated heterocycles. The summed E-state index contributed by atoms with van der Waals surface area (Å²) in [4.78, 5) is 11.6. The molecule has 0 aromatic heterocycles. The number of carbonyl (C=O) groups is 1. The Labute approximate surface area is 134 Å². The maximum absolute atomic E-state index is 13.9. The third kappa shape index (κ3) is 4.07. The van der Waals surface area contributed by atoms with Crippen molar-refractivity contribution in [3.8, 4) is 0 Å². The summed E-state index contributed by atoms with van der Waals surface area (Å²) >= 11 is 0. The van der Waals surface area contributed by atoms with Crippen molar-refractivity contribution in [2.24, 2.45) is 0 Å². The fraction of sp³-hybridized carbons (Fsp3) is 0.533. The summed E-state index contributed by atoms with van der Waals surface area (Å²) in [6.07, 6.45) is 3.34. The highest BCUT2D eigenvalue weighted by Crippen LogP contribution is 2.24. The minimum absolute atomic E-state index is 0.0147. The summed E-state index contributed by atoms with van der Waals surface area (Å²) in [5.41, 5.74) is 0.112. The van der Waals surface area contributed by atoms with Crippen molar-refractivity contribution >= 4 is 15.9 Å². The number of carbonyl (C=O) groups excluding carboxylic acids is 1. The molecule has 1 amide bonds. The van der Waals surface area contributed by atoms with Crippen LogP contribution in [-0.2, 0) is 14.8 Å². The normalized spacial score (nSPS) is 21.3. The summed E-state index contributed by atoms with van der Waals surface area (Å²) in [6.45, 7) is 1.05. The molecular weight excluding hydrogens is 323 g/mol. The molecule has 1 aliphatic heterocycles. The van der Waals surface area contributed by atoms with Crippen LogP contribution >= 0.6 is 0 Å². The van der Waals surface area contributed by atoms with Gasteiger partial charge in [0.1, 0.15) is 10.7 Å². The Balaban J connectivity index is 1.72. The topological polar surface area (TPSA) is 84.5 Å². The van der Waals surface area contributed by atoms with Crippen LogP contribution in [0.1, 0.15) is 36.0 Å². The Morgan fingerprint density at radius 1 is 1.30 bits per heavy atom. The number of sulfonamides is 1. The van der Waals surface area contributed by atoms with Crippen molar-refractivity contribution in [2.75, 3.05) is 13.2 Å². The predicted octanol–water partition coefficient (Wildman–Crippen LogP) is 1.18. The summed E-state index contributed by atoms with van der Waals surface area (Å²) < 4.78 is 46.0. The summed E-state index contributed by atoms with van der Waals surface area (Å²) in [5, 5.41) is 2.69. The maximum atomic E-state index is 13.9. The number of hydrogen-bond donors (Lipinski definition) is 2. The highest BCUT2D eigenvalue weighted by Gasteiger charge is 2.30. The highest BCUT2D eigenvalue weighted by molar-refractivity contribution is 7.89. The van der Waals surface area contributed by atoms with Crippen molar-refractivity contribution in [1.82, 2.24) is 10.0 Å². The second-order valence-corrected chi connectivity index (χ2v) is 7.57. The number of ether oxygens (including phenoxy) is 1. The van der Waals surface area contributed by atoms with Gasteiger partial charge in [-0.05, 0) is 43.9 Å². The molecule has 0 radical (unpaired) electrons. The van der Waals surface area contributed by atoms with Crippen molar-refractivity contribution in [1.29, 1.82) is 0 Å². The Bertz CT molecular complexity index is 697. The van der Waals surface area contributed by atoms with Gasteiger partial charge in [-0.1, -0.05) is 0 Å². The van der Waals surface area contributed by atoms with E-state index in [2.05, 4.69) is 10.0 Å². The zero-order chi connectivity index (χ0) is 16.4. The smallest absolute Gasteiger partial charge is 0.251 e. The SMILES string of the molecule is O=C(NCC1CCCO1)c1ccc(F)c(S(=O)(=O)NC2CC2)c1. The van der Waals surface area contributed by atoms with E-state index < -0.39 is 26.6 Å². The van der Waals surface area contributed by atoms with Gasteiger partial charge in [0.05, 0.1) is 6.10 Å². The van der Waals surface area contributed by atoms with Gasteiger partial charge in [-0.25, -0.2) is 17.5 Å². The van der Waals surface area contributed by atoms with E-state index in [0.29, 0.717) is 13.2 Å². The van der Waals surface area contributed by atoms with Crippen molar-refractivity contribution in [2.45, 2.75) is 42.7 Å². The largest absolute Gasteiger partial charge is 0.376 e. The summed E-state index contributed by atoms with van der Waals surface area (Å²) in [5.74, 6) is -1.31. The Hall–Kier alpha value is -1.51. The average Bonchev–Trinajstić information content (AvgIpc) is 3.15. The molecular formula is C15H19FN2O4S. The first-order valence-electron chi connectivity index (χ1n) is 7.67. The molecule has 1 atom stereocenters. The lowest BCUT2D eigenvalue weighted by Crippen LogP contribution is -2.32. The van der Waals surface area contributed by atoms with Crippen LogP contribution in [0.2, 0.25) is 0 Å². The molecule has 1 unspecified atom stereocenters. The van der Waals surface area contributed by atoms with E-state index in [1.54, 1.807) is 0 Å². The van der Waals surface area contributed by atoms with Crippen molar-refractivity contribution < 1.29 is 22.3 Å². The Kier molecular flexibility index (Phi) is 4.65. The van der Waals surface area contributed by atoms with Crippen molar-refractivity contribution in [3.05, 3.63) is 29.6 Å².